The number of nitrogens with one attached hydrogen (secondary N) is 2. The zero-order valence-electron chi connectivity index (χ0n) is 18.4. The van der Waals surface area contributed by atoms with Crippen LogP contribution in [0.3, 0.4) is 0 Å². The Labute approximate surface area is 195 Å². The number of carbonyl (C=O) groups excluding carboxylic acids is 1. The monoisotopic (exact) mass is 453 g/mol. The summed E-state index contributed by atoms with van der Waals surface area (Å²) in [7, 11) is 0. The average Bonchev–Trinajstić information content (AvgIpc) is 3.53. The lowest BCUT2D eigenvalue weighted by atomic mass is 10.1. The summed E-state index contributed by atoms with van der Waals surface area (Å²) in [6.07, 6.45) is 5.77. The van der Waals surface area contributed by atoms with Crippen LogP contribution in [0.1, 0.15) is 10.4 Å². The van der Waals surface area contributed by atoms with E-state index in [0.717, 1.165) is 52.1 Å². The first kappa shape index (κ1) is 20.3. The van der Waals surface area contributed by atoms with Gasteiger partial charge >= 0.3 is 0 Å². The molecule has 2 aromatic carbocycles. The largest absolute Gasteiger partial charge is 0.378 e. The number of ether oxygens (including phenoxy) is 1. The van der Waals surface area contributed by atoms with Crippen molar-refractivity contribution in [3.8, 4) is 11.3 Å². The summed E-state index contributed by atoms with van der Waals surface area (Å²) in [6, 6.07) is 15.7. The summed E-state index contributed by atoms with van der Waals surface area (Å²) in [5, 5.41) is 11.6. The molecule has 1 fully saturated rings. The summed E-state index contributed by atoms with van der Waals surface area (Å²) < 4.78 is 7.46. The van der Waals surface area contributed by atoms with Gasteiger partial charge in [-0.15, -0.1) is 0 Å². The van der Waals surface area contributed by atoms with Gasteiger partial charge in [-0.25, -0.2) is 4.98 Å². The fraction of sp³-hybridized carbons (Fsp3) is 0.160. The molecule has 0 saturated carbocycles. The van der Waals surface area contributed by atoms with Gasteiger partial charge in [0.1, 0.15) is 0 Å². The number of nitrogens with two attached hydrogens (primary N) is 1. The number of H-pyrrole nitrogens is 1. The van der Waals surface area contributed by atoms with Gasteiger partial charge in [-0.1, -0.05) is 12.1 Å². The fourth-order valence-corrected chi connectivity index (χ4v) is 4.40. The van der Waals surface area contributed by atoms with Crippen molar-refractivity contribution in [2.45, 2.75) is 0 Å². The van der Waals surface area contributed by atoms with Gasteiger partial charge in [0.2, 0.25) is 0 Å². The molecule has 0 atom stereocenters. The lowest BCUT2D eigenvalue weighted by molar-refractivity contribution is 0.0998. The number of fused-ring (bicyclic) bond motifs is 2. The predicted molar refractivity (Wildman–Crippen MR) is 132 cm³/mol. The molecule has 170 valence electrons. The molecule has 5 aromatic rings. The van der Waals surface area contributed by atoms with E-state index in [-0.39, 0.29) is 0 Å². The van der Waals surface area contributed by atoms with E-state index in [0.29, 0.717) is 24.6 Å². The second-order valence-electron chi connectivity index (χ2n) is 8.27. The van der Waals surface area contributed by atoms with Crippen LogP contribution in [-0.2, 0) is 4.74 Å². The van der Waals surface area contributed by atoms with Crippen LogP contribution in [0.25, 0.3) is 27.7 Å². The molecule has 0 unspecified atom stereocenters. The molecule has 34 heavy (non-hydrogen) atoms. The van der Waals surface area contributed by atoms with E-state index in [2.05, 4.69) is 20.4 Å². The van der Waals surface area contributed by atoms with Crippen LogP contribution in [0.15, 0.2) is 67.1 Å². The number of primary amides is 1. The van der Waals surface area contributed by atoms with Gasteiger partial charge in [0, 0.05) is 47.8 Å². The Balaban J connectivity index is 1.39. The number of aromatic amines is 1. The highest BCUT2D eigenvalue weighted by Crippen LogP contribution is 2.30. The van der Waals surface area contributed by atoms with Gasteiger partial charge in [0.15, 0.2) is 5.82 Å². The Bertz CT molecular complexity index is 1510. The lowest BCUT2D eigenvalue weighted by Gasteiger charge is -2.30. The van der Waals surface area contributed by atoms with Crippen molar-refractivity contribution in [2.75, 3.05) is 36.5 Å². The number of carbonyl (C=O) groups is 1. The number of aromatic nitrogens is 4. The molecule has 0 aliphatic carbocycles. The number of morpholine rings is 1. The number of hydrogen-bond acceptors (Lipinski definition) is 6. The van der Waals surface area contributed by atoms with Gasteiger partial charge in [0.05, 0.1) is 41.7 Å². The van der Waals surface area contributed by atoms with E-state index in [1.54, 1.807) is 12.3 Å². The molecule has 0 bridgehead atoms. The minimum atomic E-state index is -0.465. The maximum atomic E-state index is 12.3. The van der Waals surface area contributed by atoms with Crippen LogP contribution in [0.2, 0.25) is 0 Å². The number of rotatable bonds is 5. The zero-order chi connectivity index (χ0) is 23.1. The lowest BCUT2D eigenvalue weighted by Crippen LogP contribution is -2.37. The quantitative estimate of drug-likeness (QED) is 0.375. The number of hydrogen-bond donors (Lipinski definition) is 3. The smallest absolute Gasteiger partial charge is 0.250 e. The Morgan fingerprint density at radius 1 is 1.12 bits per heavy atom. The van der Waals surface area contributed by atoms with Crippen molar-refractivity contribution in [1.29, 1.82) is 0 Å². The molecule has 3 aromatic heterocycles. The maximum absolute atomic E-state index is 12.3. The van der Waals surface area contributed by atoms with Crippen molar-refractivity contribution < 1.29 is 9.53 Å². The SMILES string of the molecule is NC(=O)c1cc(Nc2nc(-c3ccc4cn[nH]c4c3)cn3cccc23)ccc1N1CCOCC1. The molecule has 0 radical (unpaired) electrons. The number of anilines is 3. The Morgan fingerprint density at radius 2 is 2.00 bits per heavy atom. The normalized spacial score (nSPS) is 14.1. The molecule has 6 rings (SSSR count). The van der Waals surface area contributed by atoms with E-state index in [1.807, 2.05) is 59.3 Å². The van der Waals surface area contributed by atoms with Crippen molar-refractivity contribution in [1.82, 2.24) is 19.6 Å². The third-order valence-electron chi connectivity index (χ3n) is 6.13. The summed E-state index contributed by atoms with van der Waals surface area (Å²) in [5.41, 5.74) is 11.4. The van der Waals surface area contributed by atoms with Crippen LogP contribution in [0.5, 0.6) is 0 Å². The van der Waals surface area contributed by atoms with Gasteiger partial charge in [0.25, 0.3) is 5.91 Å². The molecule has 0 spiro atoms. The highest BCUT2D eigenvalue weighted by atomic mass is 16.5. The third kappa shape index (κ3) is 3.61. The van der Waals surface area contributed by atoms with Crippen molar-refractivity contribution >= 4 is 39.5 Å². The summed E-state index contributed by atoms with van der Waals surface area (Å²) >= 11 is 0. The van der Waals surface area contributed by atoms with Crippen LogP contribution >= 0.6 is 0 Å². The minimum Gasteiger partial charge on any atom is -0.378 e. The van der Waals surface area contributed by atoms with Crippen LogP contribution in [0.4, 0.5) is 17.2 Å². The summed E-state index contributed by atoms with van der Waals surface area (Å²) in [5.74, 6) is 0.217. The zero-order valence-corrected chi connectivity index (χ0v) is 18.4. The van der Waals surface area contributed by atoms with Gasteiger partial charge in [-0.3, -0.25) is 9.89 Å². The molecule has 4 heterocycles. The molecule has 9 nitrogen and oxygen atoms in total. The number of benzene rings is 2. The first-order valence-corrected chi connectivity index (χ1v) is 11.1. The van der Waals surface area contributed by atoms with Crippen LogP contribution < -0.4 is 16.0 Å². The standard InChI is InChI=1S/C25H23N7O2/c26-24(33)19-13-18(5-6-22(19)31-8-10-34-11-9-31)28-25-23-2-1-7-32(23)15-21(29-25)16-3-4-17-14-27-30-20(17)12-16/h1-7,12-15H,8-11H2,(H2,26,33)(H,27,30)(H,28,29). The average molecular weight is 454 g/mol. The van der Waals surface area contributed by atoms with Crippen molar-refractivity contribution in [3.63, 3.8) is 0 Å². The van der Waals surface area contributed by atoms with E-state index in [1.165, 1.54) is 0 Å². The van der Waals surface area contributed by atoms with Gasteiger partial charge in [-0.05, 0) is 36.4 Å². The van der Waals surface area contributed by atoms with E-state index in [9.17, 15) is 4.79 Å². The molecular weight excluding hydrogens is 430 g/mol. The predicted octanol–water partition coefficient (Wildman–Crippen LogP) is 3.56. The highest BCUT2D eigenvalue weighted by molar-refractivity contribution is 6.00. The highest BCUT2D eigenvalue weighted by Gasteiger charge is 2.18. The maximum Gasteiger partial charge on any atom is 0.250 e. The topological polar surface area (TPSA) is 114 Å². The Kier molecular flexibility index (Phi) is 4.88. The molecule has 9 heteroatoms. The minimum absolute atomic E-state index is 0.465. The molecule has 1 amide bonds. The molecule has 1 aliphatic rings. The van der Waals surface area contributed by atoms with E-state index >= 15 is 0 Å². The molecule has 1 aliphatic heterocycles. The first-order valence-electron chi connectivity index (χ1n) is 11.1. The molecular formula is C25H23N7O2. The Hall–Kier alpha value is -4.37. The van der Waals surface area contributed by atoms with Crippen LogP contribution in [-0.4, -0.2) is 51.8 Å². The second-order valence-corrected chi connectivity index (χ2v) is 8.27. The van der Waals surface area contributed by atoms with E-state index in [4.69, 9.17) is 15.5 Å². The third-order valence-corrected chi connectivity index (χ3v) is 6.13. The van der Waals surface area contributed by atoms with E-state index < -0.39 is 5.91 Å². The summed E-state index contributed by atoms with van der Waals surface area (Å²) in [4.78, 5) is 19.3. The van der Waals surface area contributed by atoms with Gasteiger partial charge in [-0.2, -0.15) is 5.10 Å². The number of nitrogens with zero attached hydrogens (tertiary/aromatic N) is 4. The first-order chi connectivity index (χ1) is 16.7. The van der Waals surface area contributed by atoms with Crippen LogP contribution in [0, 0.1) is 0 Å². The van der Waals surface area contributed by atoms with Gasteiger partial charge < -0.3 is 25.1 Å². The molecule has 1 saturated heterocycles. The summed E-state index contributed by atoms with van der Waals surface area (Å²) in [6.45, 7) is 2.71. The van der Waals surface area contributed by atoms with Crippen molar-refractivity contribution in [2.24, 2.45) is 5.73 Å². The Morgan fingerprint density at radius 3 is 2.85 bits per heavy atom. The molecule has 4 N–H and O–H groups in total. The van der Waals surface area contributed by atoms with Crippen molar-refractivity contribution in [3.05, 3.63) is 72.7 Å². The number of amides is 1. The fourth-order valence-electron chi connectivity index (χ4n) is 4.40. The second kappa shape index (κ2) is 8.20.